The minimum atomic E-state index is -3.67. The fourth-order valence-corrected chi connectivity index (χ4v) is 2.96. The van der Waals surface area contributed by atoms with E-state index in [1.54, 1.807) is 0 Å². The van der Waals surface area contributed by atoms with Crippen LogP contribution in [0.3, 0.4) is 0 Å². The first-order chi connectivity index (χ1) is 7.94. The van der Waals surface area contributed by atoms with Crippen molar-refractivity contribution in [3.8, 4) is 0 Å². The standard InChI is InChI=1S/C10H12ClFN2O2S/c11-10-6(5-13)3-8(4-9(10)12)17(15,16)14-7-1-2-7/h3-4,7,14H,1-2,5,13H2. The van der Waals surface area contributed by atoms with Gasteiger partial charge in [0.15, 0.2) is 0 Å². The molecule has 0 atom stereocenters. The van der Waals surface area contributed by atoms with Gasteiger partial charge < -0.3 is 5.73 Å². The Morgan fingerprint density at radius 3 is 2.65 bits per heavy atom. The Morgan fingerprint density at radius 2 is 2.12 bits per heavy atom. The second-order valence-electron chi connectivity index (χ2n) is 3.98. The van der Waals surface area contributed by atoms with Crippen molar-refractivity contribution in [2.75, 3.05) is 0 Å². The second-order valence-corrected chi connectivity index (χ2v) is 6.07. The predicted octanol–water partition coefficient (Wildman–Crippen LogP) is 1.38. The van der Waals surface area contributed by atoms with Gasteiger partial charge in [0.05, 0.1) is 9.92 Å². The molecule has 94 valence electrons. The van der Waals surface area contributed by atoms with Crippen LogP contribution in [0, 0.1) is 5.82 Å². The Hall–Kier alpha value is -0.690. The highest BCUT2D eigenvalue weighted by Gasteiger charge is 2.28. The van der Waals surface area contributed by atoms with Gasteiger partial charge in [0.25, 0.3) is 0 Å². The van der Waals surface area contributed by atoms with Crippen LogP contribution in [0.15, 0.2) is 17.0 Å². The summed E-state index contributed by atoms with van der Waals surface area (Å²) in [6.07, 6.45) is 1.64. The van der Waals surface area contributed by atoms with Crippen LogP contribution >= 0.6 is 11.6 Å². The zero-order valence-electron chi connectivity index (χ0n) is 8.91. The molecule has 1 aromatic rings. The average Bonchev–Trinajstić information content (AvgIpc) is 3.04. The summed E-state index contributed by atoms with van der Waals surface area (Å²) in [7, 11) is -3.67. The third-order valence-corrected chi connectivity index (χ3v) is 4.43. The molecule has 0 heterocycles. The molecule has 4 nitrogen and oxygen atoms in total. The summed E-state index contributed by atoms with van der Waals surface area (Å²) in [6, 6.07) is 2.18. The van der Waals surface area contributed by atoms with E-state index in [0.29, 0.717) is 0 Å². The Labute approximate surface area is 104 Å². The highest BCUT2D eigenvalue weighted by molar-refractivity contribution is 7.89. The molecular formula is C10H12ClFN2O2S. The van der Waals surface area contributed by atoms with Crippen LogP contribution in [0.4, 0.5) is 4.39 Å². The number of hydrogen-bond acceptors (Lipinski definition) is 3. The summed E-state index contributed by atoms with van der Waals surface area (Å²) in [5, 5.41) is -0.127. The van der Waals surface area contributed by atoms with Crippen LogP contribution in [0.2, 0.25) is 5.02 Å². The van der Waals surface area contributed by atoms with E-state index in [4.69, 9.17) is 17.3 Å². The average molecular weight is 279 g/mol. The highest BCUT2D eigenvalue weighted by Crippen LogP contribution is 2.26. The quantitative estimate of drug-likeness (QED) is 0.874. The van der Waals surface area contributed by atoms with Gasteiger partial charge in [-0.2, -0.15) is 0 Å². The monoisotopic (exact) mass is 278 g/mol. The van der Waals surface area contributed by atoms with Gasteiger partial charge in [-0.25, -0.2) is 17.5 Å². The number of halogens is 2. The number of hydrogen-bond donors (Lipinski definition) is 2. The molecule has 0 bridgehead atoms. The zero-order valence-corrected chi connectivity index (χ0v) is 10.5. The van der Waals surface area contributed by atoms with Crippen molar-refractivity contribution in [2.24, 2.45) is 5.73 Å². The number of rotatable bonds is 4. The molecule has 0 unspecified atom stereocenters. The Kier molecular flexibility index (Phi) is 3.40. The molecule has 3 N–H and O–H groups in total. The number of benzene rings is 1. The minimum absolute atomic E-state index is 0.0114. The molecule has 1 saturated carbocycles. The van der Waals surface area contributed by atoms with E-state index in [1.807, 2.05) is 0 Å². The first-order valence-corrected chi connectivity index (χ1v) is 7.00. The Balaban J connectivity index is 2.41. The molecule has 1 aliphatic rings. The smallest absolute Gasteiger partial charge is 0.240 e. The lowest BCUT2D eigenvalue weighted by molar-refractivity contribution is 0.576. The van der Waals surface area contributed by atoms with Crippen molar-refractivity contribution in [3.63, 3.8) is 0 Å². The van der Waals surface area contributed by atoms with Crippen molar-refractivity contribution in [3.05, 3.63) is 28.5 Å². The third-order valence-electron chi connectivity index (χ3n) is 2.51. The van der Waals surface area contributed by atoms with Gasteiger partial charge in [-0.15, -0.1) is 0 Å². The molecule has 1 fully saturated rings. The maximum absolute atomic E-state index is 13.4. The van der Waals surface area contributed by atoms with E-state index < -0.39 is 15.8 Å². The van der Waals surface area contributed by atoms with Gasteiger partial charge >= 0.3 is 0 Å². The molecule has 1 aliphatic carbocycles. The van der Waals surface area contributed by atoms with Crippen LogP contribution in [0.1, 0.15) is 18.4 Å². The summed E-state index contributed by atoms with van der Waals surface area (Å²) in [5.74, 6) is -0.772. The van der Waals surface area contributed by atoms with Crippen molar-refractivity contribution >= 4 is 21.6 Å². The molecule has 0 saturated heterocycles. The van der Waals surface area contributed by atoms with E-state index in [1.165, 1.54) is 6.07 Å². The summed E-state index contributed by atoms with van der Waals surface area (Å²) in [4.78, 5) is -0.133. The maximum Gasteiger partial charge on any atom is 0.240 e. The molecule has 17 heavy (non-hydrogen) atoms. The van der Waals surface area contributed by atoms with E-state index >= 15 is 0 Å². The lowest BCUT2D eigenvalue weighted by atomic mass is 10.2. The van der Waals surface area contributed by atoms with Crippen LogP contribution in [0.25, 0.3) is 0 Å². The van der Waals surface area contributed by atoms with E-state index in [-0.39, 0.29) is 28.1 Å². The van der Waals surface area contributed by atoms with Crippen molar-refractivity contribution in [2.45, 2.75) is 30.3 Å². The number of nitrogens with two attached hydrogens (primary N) is 1. The first kappa shape index (κ1) is 12.8. The first-order valence-electron chi connectivity index (χ1n) is 5.14. The largest absolute Gasteiger partial charge is 0.326 e. The van der Waals surface area contributed by atoms with Gasteiger partial charge in [-0.1, -0.05) is 11.6 Å². The van der Waals surface area contributed by atoms with Crippen molar-refractivity contribution in [1.82, 2.24) is 4.72 Å². The minimum Gasteiger partial charge on any atom is -0.326 e. The lowest BCUT2D eigenvalue weighted by Gasteiger charge is -2.09. The second kappa shape index (κ2) is 4.53. The van der Waals surface area contributed by atoms with Crippen molar-refractivity contribution < 1.29 is 12.8 Å². The van der Waals surface area contributed by atoms with Gasteiger partial charge in [0.2, 0.25) is 10.0 Å². The van der Waals surface area contributed by atoms with E-state index in [9.17, 15) is 12.8 Å². The highest BCUT2D eigenvalue weighted by atomic mass is 35.5. The van der Waals surface area contributed by atoms with Gasteiger partial charge in [0, 0.05) is 12.6 Å². The normalized spacial score (nSPS) is 16.2. The molecular weight excluding hydrogens is 267 g/mol. The van der Waals surface area contributed by atoms with Gasteiger partial charge in [0.1, 0.15) is 5.82 Å². The predicted molar refractivity (Wildman–Crippen MR) is 62.6 cm³/mol. The fraction of sp³-hybridized carbons (Fsp3) is 0.400. The van der Waals surface area contributed by atoms with Gasteiger partial charge in [-0.3, -0.25) is 0 Å². The molecule has 2 rings (SSSR count). The van der Waals surface area contributed by atoms with Crippen LogP contribution < -0.4 is 10.5 Å². The fourth-order valence-electron chi connectivity index (χ4n) is 1.41. The SMILES string of the molecule is NCc1cc(S(=O)(=O)NC2CC2)cc(F)c1Cl. The lowest BCUT2D eigenvalue weighted by Crippen LogP contribution is -2.26. The molecule has 1 aromatic carbocycles. The molecule has 0 amide bonds. The van der Waals surface area contributed by atoms with Crippen LogP contribution in [0.5, 0.6) is 0 Å². The van der Waals surface area contributed by atoms with Gasteiger partial charge in [-0.05, 0) is 30.5 Å². The van der Waals surface area contributed by atoms with E-state index in [0.717, 1.165) is 18.9 Å². The topological polar surface area (TPSA) is 72.2 Å². The maximum atomic E-state index is 13.4. The summed E-state index contributed by atoms with van der Waals surface area (Å²) in [6.45, 7) is -0.0114. The molecule has 0 aliphatic heterocycles. The summed E-state index contributed by atoms with van der Waals surface area (Å²) in [5.41, 5.74) is 5.66. The van der Waals surface area contributed by atoms with Crippen LogP contribution in [-0.2, 0) is 16.6 Å². The molecule has 7 heteroatoms. The molecule has 0 spiro atoms. The number of nitrogens with one attached hydrogen (secondary N) is 1. The zero-order chi connectivity index (χ0) is 12.6. The molecule has 0 aromatic heterocycles. The summed E-state index contributed by atoms with van der Waals surface area (Å²) < 4.78 is 39.6. The van der Waals surface area contributed by atoms with Crippen LogP contribution in [-0.4, -0.2) is 14.5 Å². The Morgan fingerprint density at radius 1 is 1.47 bits per heavy atom. The third kappa shape index (κ3) is 2.77. The van der Waals surface area contributed by atoms with E-state index in [2.05, 4.69) is 4.72 Å². The van der Waals surface area contributed by atoms with Crippen molar-refractivity contribution in [1.29, 1.82) is 0 Å². The Bertz CT molecular complexity index is 543. The molecule has 0 radical (unpaired) electrons. The summed E-state index contributed by atoms with van der Waals surface area (Å²) >= 11 is 5.66. The number of sulfonamides is 1.